The van der Waals surface area contributed by atoms with E-state index >= 15 is 0 Å². The van der Waals surface area contributed by atoms with Gasteiger partial charge in [-0.3, -0.25) is 4.79 Å². The number of halogens is 1. The maximum absolute atomic E-state index is 12.4. The fourth-order valence-electron chi connectivity index (χ4n) is 2.52. The topological polar surface area (TPSA) is 92.4 Å². The van der Waals surface area contributed by atoms with Crippen LogP contribution in [0.4, 0.5) is 5.69 Å². The van der Waals surface area contributed by atoms with Gasteiger partial charge in [-0.25, -0.2) is 4.79 Å². The van der Waals surface area contributed by atoms with Crippen molar-refractivity contribution in [2.45, 2.75) is 32.2 Å². The summed E-state index contributed by atoms with van der Waals surface area (Å²) in [6, 6.07) is 4.56. The van der Waals surface area contributed by atoms with Gasteiger partial charge in [0.05, 0.1) is 11.0 Å². The van der Waals surface area contributed by atoms with Crippen LogP contribution in [0, 0.1) is 5.41 Å². The van der Waals surface area contributed by atoms with E-state index in [1.54, 1.807) is 12.1 Å². The molecule has 1 saturated carbocycles. The number of benzene rings is 1. The molecule has 2 rings (SSSR count). The minimum Gasteiger partial charge on any atom is -0.478 e. The summed E-state index contributed by atoms with van der Waals surface area (Å²) in [6.45, 7) is 1.86. The Labute approximate surface area is 125 Å². The van der Waals surface area contributed by atoms with E-state index in [-0.39, 0.29) is 17.5 Å². The van der Waals surface area contributed by atoms with Gasteiger partial charge in [-0.05, 0) is 53.9 Å². The maximum atomic E-state index is 12.4. The lowest BCUT2D eigenvalue weighted by Crippen LogP contribution is -2.44. The minimum atomic E-state index is -1.04. The van der Waals surface area contributed by atoms with Gasteiger partial charge in [-0.2, -0.15) is 0 Å². The first kappa shape index (κ1) is 15.0. The molecule has 0 spiro atoms. The molecule has 0 radical (unpaired) electrons. The maximum Gasteiger partial charge on any atom is 0.336 e. The first-order valence-corrected chi connectivity index (χ1v) is 7.24. The summed E-state index contributed by atoms with van der Waals surface area (Å²) < 4.78 is 0.478. The van der Waals surface area contributed by atoms with Crippen LogP contribution in [0.2, 0.25) is 0 Å². The highest BCUT2D eigenvalue weighted by atomic mass is 79.9. The molecule has 20 heavy (non-hydrogen) atoms. The van der Waals surface area contributed by atoms with Crippen LogP contribution in [0.1, 0.15) is 36.5 Å². The third-order valence-corrected chi connectivity index (χ3v) is 4.69. The zero-order chi connectivity index (χ0) is 14.9. The van der Waals surface area contributed by atoms with Crippen molar-refractivity contribution in [1.29, 1.82) is 0 Å². The van der Waals surface area contributed by atoms with Crippen molar-refractivity contribution < 1.29 is 14.7 Å². The van der Waals surface area contributed by atoms with Gasteiger partial charge in [0.1, 0.15) is 0 Å². The van der Waals surface area contributed by atoms with Gasteiger partial charge in [0.15, 0.2) is 0 Å². The molecular formula is C14H17BrN2O3. The number of hydrogen-bond acceptors (Lipinski definition) is 3. The summed E-state index contributed by atoms with van der Waals surface area (Å²) in [5, 5.41) is 11.8. The molecule has 108 valence electrons. The molecule has 0 aromatic heterocycles. The Kier molecular flexibility index (Phi) is 4.15. The molecule has 0 saturated heterocycles. The third-order valence-electron chi connectivity index (χ3n) is 4.00. The Morgan fingerprint density at radius 3 is 2.75 bits per heavy atom. The summed E-state index contributed by atoms with van der Waals surface area (Å²) in [7, 11) is 0. The van der Waals surface area contributed by atoms with Crippen LogP contribution in [0.25, 0.3) is 0 Å². The molecule has 5 nitrogen and oxygen atoms in total. The lowest BCUT2D eigenvalue weighted by molar-refractivity contribution is -0.125. The number of nitrogens with two attached hydrogens (primary N) is 1. The summed E-state index contributed by atoms with van der Waals surface area (Å²) in [4.78, 5) is 23.4. The number of carboxylic acid groups (broad SMARTS) is 1. The number of carbonyl (C=O) groups is 2. The van der Waals surface area contributed by atoms with E-state index in [1.165, 1.54) is 6.07 Å². The molecule has 6 heteroatoms. The average Bonchev–Trinajstić information content (AvgIpc) is 2.73. The van der Waals surface area contributed by atoms with Crippen LogP contribution >= 0.6 is 15.9 Å². The van der Waals surface area contributed by atoms with Gasteiger partial charge < -0.3 is 16.2 Å². The molecular weight excluding hydrogens is 324 g/mol. The number of nitrogens with one attached hydrogen (secondary N) is 1. The SMILES string of the molecule is CC1(C(=O)Nc2ccc(Br)c(C(=O)O)c2)CCCC1N. The zero-order valence-corrected chi connectivity index (χ0v) is 12.7. The van der Waals surface area contributed by atoms with Gasteiger partial charge in [0.2, 0.25) is 5.91 Å². The number of carbonyl (C=O) groups excluding carboxylic acids is 1. The Balaban J connectivity index is 2.20. The normalized spacial score (nSPS) is 25.4. The molecule has 0 heterocycles. The number of aromatic carboxylic acids is 1. The van der Waals surface area contributed by atoms with Gasteiger partial charge in [-0.1, -0.05) is 6.42 Å². The minimum absolute atomic E-state index is 0.115. The Bertz CT molecular complexity index is 561. The summed E-state index contributed by atoms with van der Waals surface area (Å²) in [6.07, 6.45) is 2.53. The Morgan fingerprint density at radius 2 is 2.20 bits per heavy atom. The highest BCUT2D eigenvalue weighted by Gasteiger charge is 2.42. The van der Waals surface area contributed by atoms with Crippen LogP contribution in [0.5, 0.6) is 0 Å². The van der Waals surface area contributed by atoms with E-state index in [0.717, 1.165) is 19.3 Å². The third kappa shape index (κ3) is 2.71. The molecule has 0 bridgehead atoms. The molecule has 1 amide bonds. The van der Waals surface area contributed by atoms with Gasteiger partial charge in [0, 0.05) is 16.2 Å². The Morgan fingerprint density at radius 1 is 1.50 bits per heavy atom. The fraction of sp³-hybridized carbons (Fsp3) is 0.429. The van der Waals surface area contributed by atoms with Crippen molar-refractivity contribution in [1.82, 2.24) is 0 Å². The van der Waals surface area contributed by atoms with Crippen LogP contribution in [0.3, 0.4) is 0 Å². The molecule has 2 unspecified atom stereocenters. The van der Waals surface area contributed by atoms with Crippen molar-refractivity contribution in [3.8, 4) is 0 Å². The summed E-state index contributed by atoms with van der Waals surface area (Å²) in [5.74, 6) is -1.20. The monoisotopic (exact) mass is 340 g/mol. The predicted molar refractivity (Wildman–Crippen MR) is 79.7 cm³/mol. The fourth-order valence-corrected chi connectivity index (χ4v) is 2.93. The summed E-state index contributed by atoms with van der Waals surface area (Å²) >= 11 is 3.17. The summed E-state index contributed by atoms with van der Waals surface area (Å²) in [5.41, 5.74) is 6.00. The van der Waals surface area contributed by atoms with Gasteiger partial charge in [-0.15, -0.1) is 0 Å². The van der Waals surface area contributed by atoms with Crippen LogP contribution in [-0.4, -0.2) is 23.0 Å². The van der Waals surface area contributed by atoms with Crippen molar-refractivity contribution in [2.75, 3.05) is 5.32 Å². The number of rotatable bonds is 3. The average molecular weight is 341 g/mol. The van der Waals surface area contributed by atoms with Crippen molar-refractivity contribution in [2.24, 2.45) is 11.1 Å². The lowest BCUT2D eigenvalue weighted by atomic mass is 9.84. The molecule has 1 aliphatic rings. The second-order valence-electron chi connectivity index (χ2n) is 5.37. The van der Waals surface area contributed by atoms with E-state index in [1.807, 2.05) is 6.92 Å². The number of anilines is 1. The number of carboxylic acids is 1. The first-order valence-electron chi connectivity index (χ1n) is 6.44. The highest BCUT2D eigenvalue weighted by molar-refractivity contribution is 9.10. The largest absolute Gasteiger partial charge is 0.478 e. The van der Waals surface area contributed by atoms with Crippen LogP contribution in [0.15, 0.2) is 22.7 Å². The zero-order valence-electron chi connectivity index (χ0n) is 11.1. The second kappa shape index (κ2) is 5.54. The standard InChI is InChI=1S/C14H17BrN2O3/c1-14(6-2-3-11(14)16)13(20)17-8-4-5-10(15)9(7-8)12(18)19/h4-5,7,11H,2-3,6,16H2,1H3,(H,17,20)(H,18,19). The highest BCUT2D eigenvalue weighted by Crippen LogP contribution is 2.37. The molecule has 1 aromatic carbocycles. The second-order valence-corrected chi connectivity index (χ2v) is 6.22. The molecule has 1 fully saturated rings. The molecule has 1 aromatic rings. The van der Waals surface area contributed by atoms with E-state index < -0.39 is 11.4 Å². The Hall–Kier alpha value is -1.40. The van der Waals surface area contributed by atoms with Gasteiger partial charge >= 0.3 is 5.97 Å². The van der Waals surface area contributed by atoms with Crippen molar-refractivity contribution in [3.05, 3.63) is 28.2 Å². The molecule has 4 N–H and O–H groups in total. The van der Waals surface area contributed by atoms with E-state index in [2.05, 4.69) is 21.2 Å². The smallest absolute Gasteiger partial charge is 0.336 e. The van der Waals surface area contributed by atoms with E-state index in [9.17, 15) is 9.59 Å². The lowest BCUT2D eigenvalue weighted by Gasteiger charge is -2.27. The van der Waals surface area contributed by atoms with E-state index in [4.69, 9.17) is 10.8 Å². The quantitative estimate of drug-likeness (QED) is 0.788. The van der Waals surface area contributed by atoms with Crippen LogP contribution < -0.4 is 11.1 Å². The molecule has 2 atom stereocenters. The van der Waals surface area contributed by atoms with Crippen LogP contribution in [-0.2, 0) is 4.79 Å². The number of amides is 1. The van der Waals surface area contributed by atoms with Gasteiger partial charge in [0.25, 0.3) is 0 Å². The molecule has 0 aliphatic heterocycles. The number of hydrogen-bond donors (Lipinski definition) is 3. The first-order chi connectivity index (χ1) is 9.34. The predicted octanol–water partition coefficient (Wildman–Crippen LogP) is 2.60. The molecule has 1 aliphatic carbocycles. The van der Waals surface area contributed by atoms with Crippen molar-refractivity contribution >= 4 is 33.5 Å². The van der Waals surface area contributed by atoms with Crippen molar-refractivity contribution in [3.63, 3.8) is 0 Å². The van der Waals surface area contributed by atoms with E-state index in [0.29, 0.717) is 10.2 Å².